The lowest BCUT2D eigenvalue weighted by Crippen LogP contribution is -2.18. The van der Waals surface area contributed by atoms with Crippen LogP contribution in [0, 0.1) is 5.92 Å². The van der Waals surface area contributed by atoms with Crippen LogP contribution in [0.2, 0.25) is 0 Å². The van der Waals surface area contributed by atoms with Gasteiger partial charge in [-0.25, -0.2) is 4.98 Å². The monoisotopic (exact) mass is 284 g/mol. The molecule has 0 bridgehead atoms. The summed E-state index contributed by atoms with van der Waals surface area (Å²) >= 11 is 3.23. The van der Waals surface area contributed by atoms with Crippen molar-refractivity contribution >= 4 is 15.9 Å². The number of aromatic nitrogens is 3. The van der Waals surface area contributed by atoms with Gasteiger partial charge in [-0.1, -0.05) is 13.8 Å². The lowest BCUT2D eigenvalue weighted by atomic mass is 10.1. The second kappa shape index (κ2) is 4.39. The Morgan fingerprint density at radius 2 is 2.19 bits per heavy atom. The molecule has 0 saturated carbocycles. The van der Waals surface area contributed by atoms with Crippen molar-refractivity contribution in [2.24, 2.45) is 11.7 Å². The summed E-state index contributed by atoms with van der Waals surface area (Å²) in [6, 6.07) is 3.46. The predicted octanol–water partition coefficient (Wildman–Crippen LogP) is 2.48. The number of halogens is 1. The fourth-order valence-electron chi connectivity index (χ4n) is 1.28. The first-order valence-corrected chi connectivity index (χ1v) is 5.81. The molecule has 0 aromatic carbocycles. The van der Waals surface area contributed by atoms with E-state index in [4.69, 9.17) is 10.2 Å². The van der Waals surface area contributed by atoms with E-state index in [0.29, 0.717) is 28.0 Å². The van der Waals surface area contributed by atoms with E-state index in [-0.39, 0.29) is 6.04 Å². The maximum atomic E-state index is 5.96. The number of furan rings is 1. The SMILES string of the molecule is CC(C)C(N)c1nc(-c2ccc(Br)o2)n[nH]1. The molecule has 2 rings (SSSR count). The van der Waals surface area contributed by atoms with Crippen LogP contribution in [0.1, 0.15) is 25.7 Å². The Balaban J connectivity index is 2.26. The number of hydrogen-bond acceptors (Lipinski definition) is 4. The topological polar surface area (TPSA) is 80.7 Å². The third-order valence-electron chi connectivity index (χ3n) is 2.33. The summed E-state index contributed by atoms with van der Waals surface area (Å²) in [5, 5.41) is 6.91. The van der Waals surface area contributed by atoms with E-state index in [0.717, 1.165) is 0 Å². The molecule has 6 heteroatoms. The summed E-state index contributed by atoms with van der Waals surface area (Å²) in [4.78, 5) is 4.31. The highest BCUT2D eigenvalue weighted by Crippen LogP contribution is 2.23. The molecule has 2 aromatic rings. The largest absolute Gasteiger partial charge is 0.446 e. The first-order valence-electron chi connectivity index (χ1n) is 5.01. The zero-order valence-electron chi connectivity index (χ0n) is 9.07. The molecule has 2 heterocycles. The number of aromatic amines is 1. The highest BCUT2D eigenvalue weighted by Gasteiger charge is 2.17. The second-order valence-corrected chi connectivity index (χ2v) is 4.70. The molecule has 0 spiro atoms. The number of hydrogen-bond donors (Lipinski definition) is 2. The van der Waals surface area contributed by atoms with Crippen molar-refractivity contribution in [1.82, 2.24) is 15.2 Å². The average Bonchev–Trinajstić information content (AvgIpc) is 2.84. The highest BCUT2D eigenvalue weighted by atomic mass is 79.9. The minimum atomic E-state index is -0.139. The van der Waals surface area contributed by atoms with Gasteiger partial charge in [0.05, 0.1) is 6.04 Å². The van der Waals surface area contributed by atoms with Crippen molar-refractivity contribution in [2.75, 3.05) is 0 Å². The van der Waals surface area contributed by atoms with Crippen LogP contribution in [0.15, 0.2) is 21.2 Å². The van der Waals surface area contributed by atoms with Gasteiger partial charge in [-0.05, 0) is 34.0 Å². The number of H-pyrrole nitrogens is 1. The normalized spacial score (nSPS) is 13.3. The Bertz CT molecular complexity index is 477. The van der Waals surface area contributed by atoms with Crippen molar-refractivity contribution in [3.05, 3.63) is 22.6 Å². The number of nitrogens with zero attached hydrogens (tertiary/aromatic N) is 2. The number of rotatable bonds is 3. The van der Waals surface area contributed by atoms with Crippen LogP contribution in [-0.4, -0.2) is 15.2 Å². The molecular weight excluding hydrogens is 272 g/mol. The van der Waals surface area contributed by atoms with Crippen molar-refractivity contribution in [3.63, 3.8) is 0 Å². The molecule has 0 fully saturated rings. The van der Waals surface area contributed by atoms with E-state index >= 15 is 0 Å². The lowest BCUT2D eigenvalue weighted by molar-refractivity contribution is 0.491. The minimum Gasteiger partial charge on any atom is -0.446 e. The lowest BCUT2D eigenvalue weighted by Gasteiger charge is -2.10. The molecule has 16 heavy (non-hydrogen) atoms. The Labute approximate surface area is 102 Å². The van der Waals surface area contributed by atoms with Crippen molar-refractivity contribution in [3.8, 4) is 11.6 Å². The van der Waals surface area contributed by atoms with E-state index < -0.39 is 0 Å². The maximum Gasteiger partial charge on any atom is 0.217 e. The molecular formula is C10H13BrN4O. The Kier molecular flexibility index (Phi) is 3.11. The van der Waals surface area contributed by atoms with Gasteiger partial charge >= 0.3 is 0 Å². The maximum absolute atomic E-state index is 5.96. The van der Waals surface area contributed by atoms with Crippen LogP contribution in [-0.2, 0) is 0 Å². The van der Waals surface area contributed by atoms with E-state index in [2.05, 4.69) is 31.1 Å². The molecule has 2 aromatic heterocycles. The van der Waals surface area contributed by atoms with Gasteiger partial charge in [0.25, 0.3) is 0 Å². The zero-order valence-corrected chi connectivity index (χ0v) is 10.7. The van der Waals surface area contributed by atoms with Crippen LogP contribution in [0.25, 0.3) is 11.6 Å². The van der Waals surface area contributed by atoms with Gasteiger partial charge < -0.3 is 10.2 Å². The van der Waals surface area contributed by atoms with E-state index in [1.165, 1.54) is 0 Å². The summed E-state index contributed by atoms with van der Waals surface area (Å²) in [5.41, 5.74) is 5.96. The molecule has 0 radical (unpaired) electrons. The van der Waals surface area contributed by atoms with Gasteiger partial charge in [-0.3, -0.25) is 5.10 Å². The number of nitrogens with one attached hydrogen (secondary N) is 1. The van der Waals surface area contributed by atoms with Gasteiger partial charge in [0.1, 0.15) is 5.82 Å². The van der Waals surface area contributed by atoms with Crippen LogP contribution in [0.3, 0.4) is 0 Å². The first-order chi connectivity index (χ1) is 7.58. The Morgan fingerprint density at radius 3 is 2.75 bits per heavy atom. The van der Waals surface area contributed by atoms with Gasteiger partial charge in [-0.2, -0.15) is 0 Å². The molecule has 0 aliphatic heterocycles. The van der Waals surface area contributed by atoms with Crippen molar-refractivity contribution < 1.29 is 4.42 Å². The molecule has 86 valence electrons. The Morgan fingerprint density at radius 1 is 1.44 bits per heavy atom. The Hall–Kier alpha value is -1.14. The van der Waals surface area contributed by atoms with Gasteiger partial charge in [0.15, 0.2) is 10.4 Å². The van der Waals surface area contributed by atoms with E-state index in [1.807, 2.05) is 13.8 Å². The molecule has 1 atom stereocenters. The van der Waals surface area contributed by atoms with Crippen LogP contribution in [0.4, 0.5) is 0 Å². The molecule has 0 aliphatic rings. The zero-order chi connectivity index (χ0) is 11.7. The van der Waals surface area contributed by atoms with Gasteiger partial charge in [0.2, 0.25) is 5.82 Å². The van der Waals surface area contributed by atoms with Crippen LogP contribution < -0.4 is 5.73 Å². The average molecular weight is 285 g/mol. The number of nitrogens with two attached hydrogens (primary N) is 1. The standard InChI is InChI=1S/C10H13BrN4O/c1-5(2)8(12)10-13-9(14-15-10)6-3-4-7(11)16-6/h3-5,8H,12H2,1-2H3,(H,13,14,15). The second-order valence-electron chi connectivity index (χ2n) is 3.92. The third-order valence-corrected chi connectivity index (χ3v) is 2.76. The van der Waals surface area contributed by atoms with Gasteiger partial charge in [-0.15, -0.1) is 5.10 Å². The summed E-state index contributed by atoms with van der Waals surface area (Å²) in [7, 11) is 0. The van der Waals surface area contributed by atoms with Crippen molar-refractivity contribution in [2.45, 2.75) is 19.9 Å². The van der Waals surface area contributed by atoms with Crippen LogP contribution >= 0.6 is 15.9 Å². The first kappa shape index (κ1) is 11.3. The minimum absolute atomic E-state index is 0.139. The summed E-state index contributed by atoms with van der Waals surface area (Å²) in [6.45, 7) is 4.08. The molecule has 5 nitrogen and oxygen atoms in total. The summed E-state index contributed by atoms with van der Waals surface area (Å²) in [5.74, 6) is 2.13. The van der Waals surface area contributed by atoms with Gasteiger partial charge in [0, 0.05) is 0 Å². The van der Waals surface area contributed by atoms with Crippen molar-refractivity contribution in [1.29, 1.82) is 0 Å². The summed E-state index contributed by atoms with van der Waals surface area (Å²) in [6.07, 6.45) is 0. The molecule has 0 amide bonds. The van der Waals surface area contributed by atoms with E-state index in [9.17, 15) is 0 Å². The fourth-order valence-corrected chi connectivity index (χ4v) is 1.59. The smallest absolute Gasteiger partial charge is 0.217 e. The molecule has 0 saturated heterocycles. The fraction of sp³-hybridized carbons (Fsp3) is 0.400. The molecule has 0 aliphatic carbocycles. The molecule has 1 unspecified atom stereocenters. The van der Waals surface area contributed by atoms with Crippen LogP contribution in [0.5, 0.6) is 0 Å². The third kappa shape index (κ3) is 2.17. The summed E-state index contributed by atoms with van der Waals surface area (Å²) < 4.78 is 6.01. The highest BCUT2D eigenvalue weighted by molar-refractivity contribution is 9.10. The van der Waals surface area contributed by atoms with E-state index in [1.54, 1.807) is 12.1 Å². The quantitative estimate of drug-likeness (QED) is 0.907. The molecule has 3 N–H and O–H groups in total. The predicted molar refractivity (Wildman–Crippen MR) is 63.6 cm³/mol.